The fourth-order valence-electron chi connectivity index (χ4n) is 4.30. The minimum absolute atomic E-state index is 0.0983. The molecule has 1 fully saturated rings. The molecule has 1 saturated heterocycles. The van der Waals surface area contributed by atoms with Crippen molar-refractivity contribution in [2.24, 2.45) is 5.92 Å². The fraction of sp³-hybridized carbons (Fsp3) is 0.333. The van der Waals surface area contributed by atoms with Gasteiger partial charge in [0.05, 0.1) is 5.69 Å². The van der Waals surface area contributed by atoms with E-state index in [-0.39, 0.29) is 11.8 Å². The lowest BCUT2D eigenvalue weighted by atomic mass is 9.90. The highest BCUT2D eigenvalue weighted by molar-refractivity contribution is 5.89. The average Bonchev–Trinajstić information content (AvgIpc) is 2.85. The minimum atomic E-state index is -0.0983. The number of nitrogens with zero attached hydrogens (tertiary/aromatic N) is 3. The zero-order valence-electron chi connectivity index (χ0n) is 19.8. The maximum atomic E-state index is 12.2. The van der Waals surface area contributed by atoms with Crippen molar-refractivity contribution in [3.63, 3.8) is 0 Å². The normalized spacial score (nSPS) is 14.0. The highest BCUT2D eigenvalue weighted by atomic mass is 16.1. The summed E-state index contributed by atoms with van der Waals surface area (Å²) in [5.74, 6) is 1.07. The van der Waals surface area contributed by atoms with Crippen LogP contribution in [0.3, 0.4) is 0 Å². The Labute approximate surface area is 200 Å². The molecular formula is C27H31N5O2. The minimum Gasteiger partial charge on any atom is -0.371 e. The highest BCUT2D eigenvalue weighted by Gasteiger charge is 2.24. The number of ketones is 1. The third-order valence-corrected chi connectivity index (χ3v) is 6.09. The monoisotopic (exact) mass is 457 g/mol. The van der Waals surface area contributed by atoms with Gasteiger partial charge in [-0.3, -0.25) is 9.59 Å². The molecule has 2 N–H and O–H groups in total. The third-order valence-electron chi connectivity index (χ3n) is 6.09. The van der Waals surface area contributed by atoms with Crippen molar-refractivity contribution < 1.29 is 9.59 Å². The van der Waals surface area contributed by atoms with Gasteiger partial charge in [0.2, 0.25) is 11.9 Å². The van der Waals surface area contributed by atoms with Crippen LogP contribution < -0.4 is 15.5 Å². The molecule has 176 valence electrons. The standard InChI is InChI=1S/C27H31N5O2/c1-3-4-26(34)21-14-17-32(18-15-21)24-11-9-23(10-12-24)30-27-28-16-13-25(31-27)20-5-7-22(8-6-20)29-19(2)33/h5-13,16,21H,3-4,14-15,17-18H2,1-2H3,(H,29,33)(H,28,30,31). The van der Waals surface area contributed by atoms with E-state index >= 15 is 0 Å². The predicted molar refractivity (Wildman–Crippen MR) is 136 cm³/mol. The largest absolute Gasteiger partial charge is 0.371 e. The van der Waals surface area contributed by atoms with Gasteiger partial charge >= 0.3 is 0 Å². The second-order valence-electron chi connectivity index (χ2n) is 8.67. The first-order valence-corrected chi connectivity index (χ1v) is 11.9. The number of amides is 1. The summed E-state index contributed by atoms with van der Waals surface area (Å²) in [7, 11) is 0. The summed E-state index contributed by atoms with van der Waals surface area (Å²) in [6.45, 7) is 5.38. The van der Waals surface area contributed by atoms with E-state index in [1.807, 2.05) is 42.5 Å². The fourth-order valence-corrected chi connectivity index (χ4v) is 4.30. The van der Waals surface area contributed by atoms with Gasteiger partial charge < -0.3 is 15.5 Å². The molecule has 1 aliphatic heterocycles. The van der Waals surface area contributed by atoms with E-state index < -0.39 is 0 Å². The van der Waals surface area contributed by atoms with Gasteiger partial charge in [-0.1, -0.05) is 19.1 Å². The van der Waals surface area contributed by atoms with E-state index in [2.05, 4.69) is 44.6 Å². The summed E-state index contributed by atoms with van der Waals surface area (Å²) in [6.07, 6.45) is 5.24. The molecule has 34 heavy (non-hydrogen) atoms. The lowest BCUT2D eigenvalue weighted by molar-refractivity contribution is -0.123. The number of piperidine rings is 1. The van der Waals surface area contributed by atoms with E-state index in [9.17, 15) is 9.59 Å². The molecule has 0 spiro atoms. The number of hydrogen-bond donors (Lipinski definition) is 2. The van der Waals surface area contributed by atoms with Crippen LogP contribution in [0.15, 0.2) is 60.8 Å². The summed E-state index contributed by atoms with van der Waals surface area (Å²) >= 11 is 0. The Bertz CT molecular complexity index is 1120. The SMILES string of the molecule is CCCC(=O)C1CCN(c2ccc(Nc3nccc(-c4ccc(NC(C)=O)cc4)n3)cc2)CC1. The maximum Gasteiger partial charge on any atom is 0.227 e. The van der Waals surface area contributed by atoms with Crippen LogP contribution in [0.4, 0.5) is 23.0 Å². The summed E-state index contributed by atoms with van der Waals surface area (Å²) in [6, 6.07) is 17.7. The quantitative estimate of drug-likeness (QED) is 0.469. The van der Waals surface area contributed by atoms with Crippen molar-refractivity contribution in [1.82, 2.24) is 9.97 Å². The molecular weight excluding hydrogens is 426 g/mol. The smallest absolute Gasteiger partial charge is 0.227 e. The number of anilines is 4. The third kappa shape index (κ3) is 5.98. The van der Waals surface area contributed by atoms with E-state index in [1.165, 1.54) is 12.6 Å². The maximum absolute atomic E-state index is 12.2. The van der Waals surface area contributed by atoms with Crippen LogP contribution >= 0.6 is 0 Å². The van der Waals surface area contributed by atoms with Crippen molar-refractivity contribution in [2.45, 2.75) is 39.5 Å². The van der Waals surface area contributed by atoms with Crippen LogP contribution in [-0.2, 0) is 9.59 Å². The van der Waals surface area contributed by atoms with Crippen molar-refractivity contribution in [3.8, 4) is 11.3 Å². The van der Waals surface area contributed by atoms with Crippen LogP contribution in [0.5, 0.6) is 0 Å². The van der Waals surface area contributed by atoms with Gasteiger partial charge in [0.25, 0.3) is 0 Å². The zero-order chi connectivity index (χ0) is 23.9. The van der Waals surface area contributed by atoms with Crippen molar-refractivity contribution in [1.29, 1.82) is 0 Å². The van der Waals surface area contributed by atoms with Gasteiger partial charge in [-0.2, -0.15) is 0 Å². The Morgan fingerprint density at radius 3 is 2.29 bits per heavy atom. The number of carbonyl (C=O) groups excluding carboxylic acids is 2. The highest BCUT2D eigenvalue weighted by Crippen LogP contribution is 2.27. The van der Waals surface area contributed by atoms with E-state index in [4.69, 9.17) is 0 Å². The molecule has 2 heterocycles. The second kappa shape index (κ2) is 10.9. The molecule has 0 aliphatic carbocycles. The first-order chi connectivity index (χ1) is 16.5. The number of carbonyl (C=O) groups is 2. The molecule has 3 aromatic rings. The molecule has 1 aliphatic rings. The number of nitrogens with one attached hydrogen (secondary N) is 2. The molecule has 7 heteroatoms. The van der Waals surface area contributed by atoms with E-state index in [0.29, 0.717) is 18.2 Å². The summed E-state index contributed by atoms with van der Waals surface area (Å²) < 4.78 is 0. The lowest BCUT2D eigenvalue weighted by Gasteiger charge is -2.33. The molecule has 0 bridgehead atoms. The number of hydrogen-bond acceptors (Lipinski definition) is 6. The number of rotatable bonds is 8. The van der Waals surface area contributed by atoms with Crippen LogP contribution in [0.1, 0.15) is 39.5 Å². The molecule has 0 atom stereocenters. The zero-order valence-corrected chi connectivity index (χ0v) is 19.8. The second-order valence-corrected chi connectivity index (χ2v) is 8.67. The first kappa shape index (κ1) is 23.4. The molecule has 0 radical (unpaired) electrons. The van der Waals surface area contributed by atoms with Crippen LogP contribution in [0.2, 0.25) is 0 Å². The Morgan fingerprint density at radius 2 is 1.65 bits per heavy atom. The Kier molecular flexibility index (Phi) is 7.52. The Balaban J connectivity index is 1.37. The van der Waals surface area contributed by atoms with Gasteiger partial charge in [0, 0.05) is 61.2 Å². The van der Waals surface area contributed by atoms with Crippen molar-refractivity contribution in [2.75, 3.05) is 28.6 Å². The van der Waals surface area contributed by atoms with Crippen molar-refractivity contribution >= 4 is 34.7 Å². The molecule has 1 aromatic heterocycles. The topological polar surface area (TPSA) is 87.2 Å². The number of aromatic nitrogens is 2. The van der Waals surface area contributed by atoms with Crippen molar-refractivity contribution in [3.05, 3.63) is 60.8 Å². The first-order valence-electron chi connectivity index (χ1n) is 11.9. The van der Waals surface area contributed by atoms with Crippen LogP contribution in [0, 0.1) is 5.92 Å². The van der Waals surface area contributed by atoms with Gasteiger partial charge in [-0.05, 0) is 61.7 Å². The molecule has 0 saturated carbocycles. The van der Waals surface area contributed by atoms with Gasteiger partial charge in [-0.15, -0.1) is 0 Å². The number of Topliss-reactive ketones (excluding diaryl/α,β-unsaturated/α-hetero) is 1. The summed E-state index contributed by atoms with van der Waals surface area (Å²) in [4.78, 5) is 34.7. The summed E-state index contributed by atoms with van der Waals surface area (Å²) in [5, 5.41) is 6.04. The van der Waals surface area contributed by atoms with Crippen LogP contribution in [0.25, 0.3) is 11.3 Å². The van der Waals surface area contributed by atoms with Gasteiger partial charge in [0.15, 0.2) is 0 Å². The predicted octanol–water partition coefficient (Wildman–Crippen LogP) is 5.43. The summed E-state index contributed by atoms with van der Waals surface area (Å²) in [5.41, 5.74) is 4.57. The van der Waals surface area contributed by atoms with E-state index in [1.54, 1.807) is 6.20 Å². The van der Waals surface area contributed by atoms with E-state index in [0.717, 1.165) is 55.0 Å². The van der Waals surface area contributed by atoms with Gasteiger partial charge in [-0.25, -0.2) is 9.97 Å². The number of benzene rings is 2. The molecule has 0 unspecified atom stereocenters. The lowest BCUT2D eigenvalue weighted by Crippen LogP contribution is -2.36. The average molecular weight is 458 g/mol. The Morgan fingerprint density at radius 1 is 0.971 bits per heavy atom. The molecule has 2 aromatic carbocycles. The Hall–Kier alpha value is -3.74. The molecule has 4 rings (SSSR count). The molecule has 1 amide bonds. The molecule has 7 nitrogen and oxygen atoms in total. The van der Waals surface area contributed by atoms with Crippen LogP contribution in [-0.4, -0.2) is 34.7 Å². The van der Waals surface area contributed by atoms with Gasteiger partial charge in [0.1, 0.15) is 5.78 Å².